The number of hydrogen-bond acceptors (Lipinski definition) is 6. The average molecular weight is 219 g/mol. The van der Waals surface area contributed by atoms with Crippen LogP contribution in [-0.4, -0.2) is 26.5 Å². The molecule has 0 aliphatic heterocycles. The lowest BCUT2D eigenvalue weighted by Gasteiger charge is -2.23. The number of nitro groups is 3. The molecule has 0 heterocycles. The molecule has 0 amide bonds. The molecule has 1 rings (SSSR count). The SMILES string of the molecule is O=[N+]([O-])C1CCCCC1([N+](=O)[O-])[N+](=O)[O-]. The van der Waals surface area contributed by atoms with Gasteiger partial charge in [-0.25, -0.2) is 0 Å². The number of rotatable bonds is 3. The molecule has 0 saturated heterocycles. The van der Waals surface area contributed by atoms with Gasteiger partial charge in [-0.2, -0.15) is 0 Å². The van der Waals surface area contributed by atoms with E-state index in [2.05, 4.69) is 0 Å². The first kappa shape index (κ1) is 11.3. The Labute approximate surface area is 83.5 Å². The normalized spacial score (nSPS) is 24.4. The second kappa shape index (κ2) is 3.75. The summed E-state index contributed by atoms with van der Waals surface area (Å²) in [6.45, 7) is 0. The van der Waals surface area contributed by atoms with Crippen molar-refractivity contribution in [2.24, 2.45) is 0 Å². The van der Waals surface area contributed by atoms with Crippen LogP contribution in [0.1, 0.15) is 25.7 Å². The smallest absolute Gasteiger partial charge is 0.264 e. The van der Waals surface area contributed by atoms with Gasteiger partial charge in [-0.1, -0.05) is 0 Å². The molecular formula is C6H9N3O6. The predicted molar refractivity (Wildman–Crippen MR) is 46.0 cm³/mol. The fourth-order valence-electron chi connectivity index (χ4n) is 1.89. The van der Waals surface area contributed by atoms with Crippen LogP contribution in [0.3, 0.4) is 0 Å². The lowest BCUT2D eigenvalue weighted by molar-refractivity contribution is -0.837. The Morgan fingerprint density at radius 1 is 1.00 bits per heavy atom. The fourth-order valence-corrected chi connectivity index (χ4v) is 1.89. The van der Waals surface area contributed by atoms with Gasteiger partial charge in [-0.05, 0) is 12.8 Å². The summed E-state index contributed by atoms with van der Waals surface area (Å²) in [5.41, 5.74) is -2.64. The summed E-state index contributed by atoms with van der Waals surface area (Å²) in [4.78, 5) is 28.8. The maximum Gasteiger partial charge on any atom is 0.522 e. The summed E-state index contributed by atoms with van der Waals surface area (Å²) >= 11 is 0. The highest BCUT2D eigenvalue weighted by atomic mass is 16.7. The Morgan fingerprint density at radius 3 is 1.87 bits per heavy atom. The van der Waals surface area contributed by atoms with Crippen molar-refractivity contribution in [2.75, 3.05) is 0 Å². The fraction of sp³-hybridized carbons (Fsp3) is 1.00. The van der Waals surface area contributed by atoms with Crippen LogP contribution >= 0.6 is 0 Å². The van der Waals surface area contributed by atoms with Gasteiger partial charge in [0.1, 0.15) is 9.85 Å². The van der Waals surface area contributed by atoms with E-state index in [1.165, 1.54) is 0 Å². The maximum absolute atomic E-state index is 10.7. The van der Waals surface area contributed by atoms with E-state index < -0.39 is 26.5 Å². The van der Waals surface area contributed by atoms with Crippen LogP contribution in [0.15, 0.2) is 0 Å². The van der Waals surface area contributed by atoms with E-state index in [-0.39, 0.29) is 19.3 Å². The third kappa shape index (κ3) is 1.60. The zero-order valence-corrected chi connectivity index (χ0v) is 7.70. The standard InChI is InChI=1S/C6H9N3O6/c10-7(11)5-3-1-2-4-6(5,8(12)13)9(14)15/h5H,1-4H2. The molecule has 1 saturated carbocycles. The summed E-state index contributed by atoms with van der Waals surface area (Å²) in [5, 5.41) is 32.0. The van der Waals surface area contributed by atoms with Crippen molar-refractivity contribution in [3.8, 4) is 0 Å². The molecule has 9 nitrogen and oxygen atoms in total. The summed E-state index contributed by atoms with van der Waals surface area (Å²) in [6, 6.07) is -1.73. The zero-order valence-electron chi connectivity index (χ0n) is 7.70. The van der Waals surface area contributed by atoms with Crippen LogP contribution in [0.5, 0.6) is 0 Å². The molecule has 1 atom stereocenters. The molecule has 15 heavy (non-hydrogen) atoms. The van der Waals surface area contributed by atoms with Crippen molar-refractivity contribution in [1.29, 1.82) is 0 Å². The van der Waals surface area contributed by atoms with E-state index in [4.69, 9.17) is 0 Å². The van der Waals surface area contributed by atoms with Gasteiger partial charge in [-0.3, -0.25) is 30.3 Å². The Hall–Kier alpha value is -1.80. The maximum atomic E-state index is 10.7. The molecule has 1 unspecified atom stereocenters. The highest BCUT2D eigenvalue weighted by Gasteiger charge is 2.70. The van der Waals surface area contributed by atoms with E-state index >= 15 is 0 Å². The molecule has 0 bridgehead atoms. The van der Waals surface area contributed by atoms with Crippen LogP contribution < -0.4 is 0 Å². The van der Waals surface area contributed by atoms with Crippen molar-refractivity contribution in [3.05, 3.63) is 30.3 Å². The van der Waals surface area contributed by atoms with Gasteiger partial charge in [0.25, 0.3) is 0 Å². The zero-order chi connectivity index (χ0) is 11.6. The van der Waals surface area contributed by atoms with Gasteiger partial charge in [0.15, 0.2) is 0 Å². The lowest BCUT2D eigenvalue weighted by Crippen LogP contribution is -2.60. The molecule has 0 aromatic rings. The summed E-state index contributed by atoms with van der Waals surface area (Å²) < 4.78 is 0. The van der Waals surface area contributed by atoms with Crippen molar-refractivity contribution >= 4 is 0 Å². The third-order valence-electron chi connectivity index (χ3n) is 2.69. The first-order chi connectivity index (χ1) is 6.93. The second-order valence-electron chi connectivity index (χ2n) is 3.44. The highest BCUT2D eigenvalue weighted by molar-refractivity contribution is 4.82. The Morgan fingerprint density at radius 2 is 1.53 bits per heavy atom. The summed E-state index contributed by atoms with van der Waals surface area (Å²) in [7, 11) is 0. The van der Waals surface area contributed by atoms with E-state index in [1.54, 1.807) is 0 Å². The number of hydrogen-bond donors (Lipinski definition) is 0. The van der Waals surface area contributed by atoms with Crippen LogP contribution in [0.25, 0.3) is 0 Å². The van der Waals surface area contributed by atoms with Crippen molar-refractivity contribution in [1.82, 2.24) is 0 Å². The molecule has 9 heteroatoms. The summed E-state index contributed by atoms with van der Waals surface area (Å²) in [5.74, 6) is 0. The monoisotopic (exact) mass is 219 g/mol. The first-order valence-electron chi connectivity index (χ1n) is 4.35. The highest BCUT2D eigenvalue weighted by Crippen LogP contribution is 2.33. The van der Waals surface area contributed by atoms with Crippen molar-refractivity contribution in [3.63, 3.8) is 0 Å². The van der Waals surface area contributed by atoms with Crippen LogP contribution in [0.2, 0.25) is 0 Å². The Kier molecular flexibility index (Phi) is 2.82. The number of nitrogens with zero attached hydrogens (tertiary/aromatic N) is 3. The molecule has 0 aromatic carbocycles. The van der Waals surface area contributed by atoms with E-state index in [1.807, 2.05) is 0 Å². The van der Waals surface area contributed by atoms with Crippen LogP contribution in [0.4, 0.5) is 0 Å². The van der Waals surface area contributed by atoms with E-state index in [0.717, 1.165) is 0 Å². The molecule has 0 radical (unpaired) electrons. The quantitative estimate of drug-likeness (QED) is 0.385. The molecule has 0 N–H and O–H groups in total. The molecule has 84 valence electrons. The summed E-state index contributed by atoms with van der Waals surface area (Å²) in [6.07, 6.45) is 0.189. The van der Waals surface area contributed by atoms with Crippen molar-refractivity contribution in [2.45, 2.75) is 37.4 Å². The van der Waals surface area contributed by atoms with Gasteiger partial charge < -0.3 is 0 Å². The Balaban J connectivity index is 3.16. The van der Waals surface area contributed by atoms with E-state index in [0.29, 0.717) is 6.42 Å². The van der Waals surface area contributed by atoms with E-state index in [9.17, 15) is 30.3 Å². The molecule has 1 fully saturated rings. The predicted octanol–water partition coefficient (Wildman–Crippen LogP) is 0.455. The molecule has 1 aliphatic carbocycles. The Bertz CT molecular complexity index is 302. The molecule has 1 aliphatic rings. The molecular weight excluding hydrogens is 210 g/mol. The van der Waals surface area contributed by atoms with Gasteiger partial charge in [0.2, 0.25) is 0 Å². The minimum atomic E-state index is -2.64. The van der Waals surface area contributed by atoms with Crippen LogP contribution in [0, 0.1) is 30.3 Å². The van der Waals surface area contributed by atoms with Gasteiger partial charge >= 0.3 is 11.7 Å². The van der Waals surface area contributed by atoms with Gasteiger partial charge in [-0.15, -0.1) is 0 Å². The third-order valence-corrected chi connectivity index (χ3v) is 2.69. The topological polar surface area (TPSA) is 129 Å². The molecule has 0 spiro atoms. The minimum absolute atomic E-state index is 0.116. The largest absolute Gasteiger partial charge is 0.522 e. The average Bonchev–Trinajstić information content (AvgIpc) is 2.16. The van der Waals surface area contributed by atoms with Gasteiger partial charge in [0, 0.05) is 11.3 Å². The van der Waals surface area contributed by atoms with Crippen molar-refractivity contribution < 1.29 is 14.8 Å². The van der Waals surface area contributed by atoms with Gasteiger partial charge in [0.05, 0.1) is 6.42 Å². The van der Waals surface area contributed by atoms with Crippen LogP contribution in [-0.2, 0) is 0 Å². The molecule has 0 aromatic heterocycles. The minimum Gasteiger partial charge on any atom is -0.264 e. The lowest BCUT2D eigenvalue weighted by atomic mass is 9.85. The second-order valence-corrected chi connectivity index (χ2v) is 3.44. The first-order valence-corrected chi connectivity index (χ1v) is 4.35.